The number of para-hydroxylation sites is 1. The van der Waals surface area contributed by atoms with Crippen molar-refractivity contribution in [2.75, 3.05) is 31.1 Å². The van der Waals surface area contributed by atoms with Crippen LogP contribution in [0.25, 0.3) is 11.0 Å². The van der Waals surface area contributed by atoms with Crippen molar-refractivity contribution >= 4 is 16.7 Å². The number of phenols is 1. The molecule has 0 spiro atoms. The molecule has 148 valence electrons. The number of fused-ring (bicyclic) bond motifs is 1. The van der Waals surface area contributed by atoms with Crippen molar-refractivity contribution in [2.45, 2.75) is 13.5 Å². The summed E-state index contributed by atoms with van der Waals surface area (Å²) >= 11 is 0. The Kier molecular flexibility index (Phi) is 4.95. The van der Waals surface area contributed by atoms with E-state index in [9.17, 15) is 15.2 Å². The maximum Gasteiger partial charge on any atom is 0.270 e. The van der Waals surface area contributed by atoms with E-state index in [2.05, 4.69) is 20.9 Å². The number of aryl methyl sites for hydroxylation is 2. The zero-order valence-electron chi connectivity index (χ0n) is 16.6. The van der Waals surface area contributed by atoms with Gasteiger partial charge in [0.15, 0.2) is 0 Å². The first kappa shape index (κ1) is 19.0. The number of aromatic hydroxyl groups is 1. The van der Waals surface area contributed by atoms with Gasteiger partial charge in [-0.2, -0.15) is 5.26 Å². The average molecular weight is 389 g/mol. The Balaban J connectivity index is 1.66. The molecule has 4 rings (SSSR count). The molecular formula is C22H23N5O2. The normalized spacial score (nSPS) is 14.9. The summed E-state index contributed by atoms with van der Waals surface area (Å²) in [4.78, 5) is 21.8. The van der Waals surface area contributed by atoms with Crippen molar-refractivity contribution in [2.24, 2.45) is 7.05 Å². The van der Waals surface area contributed by atoms with Gasteiger partial charge in [-0.1, -0.05) is 18.2 Å². The van der Waals surface area contributed by atoms with Crippen molar-refractivity contribution in [3.63, 3.8) is 0 Å². The lowest BCUT2D eigenvalue weighted by molar-refractivity contribution is 0.247. The van der Waals surface area contributed by atoms with Crippen LogP contribution in [-0.2, 0) is 13.6 Å². The van der Waals surface area contributed by atoms with Gasteiger partial charge >= 0.3 is 0 Å². The van der Waals surface area contributed by atoms with Crippen molar-refractivity contribution < 1.29 is 5.11 Å². The Morgan fingerprint density at radius 2 is 1.86 bits per heavy atom. The first-order valence-electron chi connectivity index (χ1n) is 9.64. The van der Waals surface area contributed by atoms with E-state index in [1.807, 2.05) is 37.3 Å². The number of phenolic OH excluding ortho intramolecular Hbond substituents is 1. The lowest BCUT2D eigenvalue weighted by Crippen LogP contribution is -2.47. The number of anilines is 1. The van der Waals surface area contributed by atoms with Gasteiger partial charge in [0.25, 0.3) is 5.56 Å². The summed E-state index contributed by atoms with van der Waals surface area (Å²) in [5.41, 5.74) is 3.65. The van der Waals surface area contributed by atoms with Crippen LogP contribution in [0, 0.1) is 18.3 Å². The predicted octanol–water partition coefficient (Wildman–Crippen LogP) is 2.14. The molecule has 1 fully saturated rings. The number of pyridine rings is 2. The molecule has 1 aliphatic rings. The van der Waals surface area contributed by atoms with Crippen LogP contribution in [0.3, 0.4) is 0 Å². The van der Waals surface area contributed by atoms with E-state index in [4.69, 9.17) is 0 Å². The molecule has 0 unspecified atom stereocenters. The van der Waals surface area contributed by atoms with Crippen LogP contribution in [0.1, 0.15) is 16.8 Å². The minimum Gasteiger partial charge on any atom is -0.508 e. The molecule has 7 nitrogen and oxygen atoms in total. The van der Waals surface area contributed by atoms with Gasteiger partial charge < -0.3 is 14.6 Å². The van der Waals surface area contributed by atoms with Crippen LogP contribution in [0.5, 0.6) is 5.75 Å². The maximum absolute atomic E-state index is 12.8. The van der Waals surface area contributed by atoms with E-state index >= 15 is 0 Å². The largest absolute Gasteiger partial charge is 0.508 e. The molecule has 7 heteroatoms. The molecule has 0 amide bonds. The van der Waals surface area contributed by atoms with Crippen LogP contribution < -0.4 is 10.5 Å². The quantitative estimate of drug-likeness (QED) is 0.739. The van der Waals surface area contributed by atoms with E-state index in [-0.39, 0.29) is 11.1 Å². The Morgan fingerprint density at radius 1 is 1.14 bits per heavy atom. The number of benzene rings is 1. The van der Waals surface area contributed by atoms with Gasteiger partial charge in [-0.3, -0.25) is 9.69 Å². The molecule has 0 atom stereocenters. The Hall–Kier alpha value is -3.37. The van der Waals surface area contributed by atoms with Gasteiger partial charge in [-0.05, 0) is 25.1 Å². The fourth-order valence-corrected chi connectivity index (χ4v) is 3.91. The summed E-state index contributed by atoms with van der Waals surface area (Å²) in [7, 11) is 1.68. The van der Waals surface area contributed by atoms with Crippen molar-refractivity contribution in [1.82, 2.24) is 14.5 Å². The summed E-state index contributed by atoms with van der Waals surface area (Å²) in [6.45, 7) is 5.47. The van der Waals surface area contributed by atoms with Gasteiger partial charge in [0.2, 0.25) is 0 Å². The van der Waals surface area contributed by atoms with Crippen LogP contribution >= 0.6 is 0 Å². The molecule has 1 saturated heterocycles. The molecule has 1 aromatic carbocycles. The fraction of sp³-hybridized carbons (Fsp3) is 0.318. The van der Waals surface area contributed by atoms with Crippen molar-refractivity contribution in [3.8, 4) is 11.8 Å². The van der Waals surface area contributed by atoms with Gasteiger partial charge in [-0.15, -0.1) is 0 Å². The highest BCUT2D eigenvalue weighted by Crippen LogP contribution is 2.28. The van der Waals surface area contributed by atoms with E-state index in [1.165, 1.54) is 4.57 Å². The zero-order valence-corrected chi connectivity index (χ0v) is 16.6. The van der Waals surface area contributed by atoms with Crippen molar-refractivity contribution in [3.05, 3.63) is 63.6 Å². The predicted molar refractivity (Wildman–Crippen MR) is 112 cm³/mol. The number of piperazine rings is 1. The minimum absolute atomic E-state index is 0.146. The highest BCUT2D eigenvalue weighted by Gasteiger charge is 2.25. The van der Waals surface area contributed by atoms with E-state index in [0.717, 1.165) is 29.9 Å². The topological polar surface area (TPSA) is 85.4 Å². The fourth-order valence-electron chi connectivity index (χ4n) is 3.91. The third kappa shape index (κ3) is 3.43. The lowest BCUT2D eigenvalue weighted by Gasteiger charge is -2.36. The second kappa shape index (κ2) is 7.57. The maximum atomic E-state index is 12.8. The standard InChI is InChI=1S/C22H23N5O2/c1-15-7-8-18-20(24-15)21(17(13-23)22(29)25(18)2)27-11-9-26(10-12-27)14-16-5-3-4-6-19(16)28/h3-8,28H,9-12,14H2,1-2H3. The first-order chi connectivity index (χ1) is 14.0. The molecule has 2 aromatic heterocycles. The SMILES string of the molecule is Cc1ccc2c(n1)c(N1CCN(Cc3ccccc3O)CC1)c(C#N)c(=O)n2C. The number of aromatic nitrogens is 2. The third-order valence-electron chi connectivity index (χ3n) is 5.54. The summed E-state index contributed by atoms with van der Waals surface area (Å²) < 4.78 is 1.50. The Labute approximate surface area is 169 Å². The molecule has 29 heavy (non-hydrogen) atoms. The summed E-state index contributed by atoms with van der Waals surface area (Å²) in [6.07, 6.45) is 0. The van der Waals surface area contributed by atoms with Crippen LogP contribution in [0.15, 0.2) is 41.2 Å². The molecule has 1 N–H and O–H groups in total. The highest BCUT2D eigenvalue weighted by molar-refractivity contribution is 5.91. The van der Waals surface area contributed by atoms with Crippen molar-refractivity contribution in [1.29, 1.82) is 5.26 Å². The lowest BCUT2D eigenvalue weighted by atomic mass is 10.1. The van der Waals surface area contributed by atoms with E-state index in [1.54, 1.807) is 13.1 Å². The second-order valence-corrected chi connectivity index (χ2v) is 7.41. The van der Waals surface area contributed by atoms with Gasteiger partial charge in [0.05, 0.1) is 11.2 Å². The number of nitrogens with zero attached hydrogens (tertiary/aromatic N) is 5. The number of hydrogen-bond donors (Lipinski definition) is 1. The molecule has 0 aliphatic carbocycles. The Bertz CT molecular complexity index is 1170. The highest BCUT2D eigenvalue weighted by atomic mass is 16.3. The number of rotatable bonds is 3. The molecule has 1 aliphatic heterocycles. The molecule has 3 heterocycles. The smallest absolute Gasteiger partial charge is 0.270 e. The average Bonchev–Trinajstić information content (AvgIpc) is 2.73. The van der Waals surface area contributed by atoms with Crippen LogP contribution in [0.4, 0.5) is 5.69 Å². The van der Waals surface area contributed by atoms with E-state index in [0.29, 0.717) is 36.6 Å². The van der Waals surface area contributed by atoms with Crippen LogP contribution in [-0.4, -0.2) is 45.7 Å². The minimum atomic E-state index is -0.294. The van der Waals surface area contributed by atoms with Gasteiger partial charge in [0.1, 0.15) is 22.9 Å². The molecule has 3 aromatic rings. The molecule has 0 saturated carbocycles. The monoisotopic (exact) mass is 389 g/mol. The van der Waals surface area contributed by atoms with E-state index < -0.39 is 0 Å². The van der Waals surface area contributed by atoms with Gasteiger partial charge in [-0.25, -0.2) is 4.98 Å². The number of hydrogen-bond acceptors (Lipinski definition) is 6. The second-order valence-electron chi connectivity index (χ2n) is 7.41. The van der Waals surface area contributed by atoms with Gasteiger partial charge in [0, 0.05) is 51.0 Å². The summed E-state index contributed by atoms with van der Waals surface area (Å²) in [5.74, 6) is 0.305. The molecule has 0 radical (unpaired) electrons. The Morgan fingerprint density at radius 3 is 2.55 bits per heavy atom. The molecular weight excluding hydrogens is 366 g/mol. The number of nitriles is 1. The third-order valence-corrected chi connectivity index (χ3v) is 5.54. The van der Waals surface area contributed by atoms with Crippen LogP contribution in [0.2, 0.25) is 0 Å². The molecule has 0 bridgehead atoms. The summed E-state index contributed by atoms with van der Waals surface area (Å²) in [5, 5.41) is 19.7. The zero-order chi connectivity index (χ0) is 20.5. The summed E-state index contributed by atoms with van der Waals surface area (Å²) in [6, 6.07) is 13.2. The first-order valence-corrected chi connectivity index (χ1v) is 9.64.